The van der Waals surface area contributed by atoms with Gasteiger partial charge in [-0.15, -0.1) is 0 Å². The summed E-state index contributed by atoms with van der Waals surface area (Å²) in [6, 6.07) is 6.22. The first-order valence-electron chi connectivity index (χ1n) is 11.5. The number of phenols is 1. The van der Waals surface area contributed by atoms with Crippen molar-refractivity contribution in [3.63, 3.8) is 0 Å². The van der Waals surface area contributed by atoms with Crippen molar-refractivity contribution in [1.82, 2.24) is 25.3 Å². The number of aromatic hydroxyl groups is 1. The first kappa shape index (κ1) is 27.9. The van der Waals surface area contributed by atoms with Crippen LogP contribution < -0.4 is 15.4 Å². The van der Waals surface area contributed by atoms with Crippen molar-refractivity contribution in [1.29, 1.82) is 0 Å². The molecular weight excluding hydrogens is 468 g/mol. The number of aromatic nitrogens is 4. The minimum atomic E-state index is -0.963. The molecule has 0 radical (unpaired) electrons. The number of rotatable bonds is 7. The molecule has 0 bridgehead atoms. The number of benzene rings is 1. The summed E-state index contributed by atoms with van der Waals surface area (Å²) in [6.45, 7) is 3.20. The van der Waals surface area contributed by atoms with Gasteiger partial charge in [0.15, 0.2) is 12.9 Å². The van der Waals surface area contributed by atoms with Crippen LogP contribution in [0.25, 0.3) is 5.69 Å². The first-order chi connectivity index (χ1) is 17.3. The van der Waals surface area contributed by atoms with E-state index < -0.39 is 12.0 Å². The summed E-state index contributed by atoms with van der Waals surface area (Å²) in [5, 5.41) is 33.0. The Bertz CT molecular complexity index is 1070. The molecule has 2 aromatic heterocycles. The molecular formula is C24H32N6O6. The molecule has 12 heteroatoms. The van der Waals surface area contributed by atoms with Crippen LogP contribution in [0.4, 0.5) is 10.6 Å². The van der Waals surface area contributed by atoms with Crippen molar-refractivity contribution < 1.29 is 29.3 Å². The number of carboxylic acid groups (broad SMARTS) is 1. The van der Waals surface area contributed by atoms with Gasteiger partial charge < -0.3 is 25.6 Å². The second-order valence-corrected chi connectivity index (χ2v) is 8.12. The number of aromatic amines is 1. The summed E-state index contributed by atoms with van der Waals surface area (Å²) in [4.78, 5) is 32.7. The molecule has 2 heterocycles. The molecule has 36 heavy (non-hydrogen) atoms. The van der Waals surface area contributed by atoms with E-state index in [1.165, 1.54) is 55.1 Å². The van der Waals surface area contributed by atoms with Crippen molar-refractivity contribution in [2.75, 3.05) is 11.9 Å². The molecule has 0 aliphatic heterocycles. The molecule has 1 aromatic carbocycles. The Hall–Kier alpha value is -4.35. The number of ether oxygens (including phenoxy) is 1. The second-order valence-electron chi connectivity index (χ2n) is 8.12. The maximum Gasteiger partial charge on any atom is 0.404 e. The van der Waals surface area contributed by atoms with Gasteiger partial charge in [-0.3, -0.25) is 14.7 Å². The number of nitrogens with zero attached hydrogens (tertiary/aromatic N) is 3. The Kier molecular flexibility index (Phi) is 11.5. The van der Waals surface area contributed by atoms with Crippen molar-refractivity contribution in [3.8, 4) is 17.2 Å². The van der Waals surface area contributed by atoms with E-state index in [-0.39, 0.29) is 29.7 Å². The van der Waals surface area contributed by atoms with Crippen LogP contribution in [-0.2, 0) is 4.79 Å². The van der Waals surface area contributed by atoms with Gasteiger partial charge in [0, 0.05) is 36.6 Å². The van der Waals surface area contributed by atoms with Crippen molar-refractivity contribution in [2.24, 2.45) is 0 Å². The standard InChI is InChI=1S/C15H13N5O4.C5H10.C4H9NO2/c21-8-11-12(22)6-10(20-5-1-3-17-20)7-13(11)24-9-15(23)18-14-2-4-16-19-14;1-2-4-5-3-1;1-3(2)5-4(6)7/h1-8,22H,9H2,(H2,16,18,19,23);1-5H2;3,5H,1-2H3,(H,6,7). The molecule has 1 aliphatic rings. The van der Waals surface area contributed by atoms with E-state index in [4.69, 9.17) is 9.84 Å². The van der Waals surface area contributed by atoms with E-state index in [2.05, 4.69) is 25.9 Å². The quantitative estimate of drug-likeness (QED) is 0.305. The highest BCUT2D eigenvalue weighted by Crippen LogP contribution is 2.30. The fourth-order valence-corrected chi connectivity index (χ4v) is 3.18. The van der Waals surface area contributed by atoms with Crippen LogP contribution in [0.5, 0.6) is 11.5 Å². The summed E-state index contributed by atoms with van der Waals surface area (Å²) < 4.78 is 6.87. The van der Waals surface area contributed by atoms with Crippen LogP contribution in [0.1, 0.15) is 56.3 Å². The zero-order chi connectivity index (χ0) is 26.3. The number of carbonyl (C=O) groups excluding carboxylic acids is 2. The van der Waals surface area contributed by atoms with Gasteiger partial charge in [0.1, 0.15) is 17.3 Å². The third-order valence-corrected chi connectivity index (χ3v) is 4.79. The smallest absolute Gasteiger partial charge is 0.404 e. The zero-order valence-corrected chi connectivity index (χ0v) is 20.3. The lowest BCUT2D eigenvalue weighted by atomic mass is 10.1. The van der Waals surface area contributed by atoms with Crippen LogP contribution in [0.3, 0.4) is 0 Å². The minimum Gasteiger partial charge on any atom is -0.507 e. The highest BCUT2D eigenvalue weighted by Gasteiger charge is 2.14. The van der Waals surface area contributed by atoms with Crippen molar-refractivity contribution >= 4 is 24.1 Å². The Labute approximate surface area is 208 Å². The first-order valence-corrected chi connectivity index (χ1v) is 11.5. The average Bonchev–Trinajstić information content (AvgIpc) is 3.62. The molecule has 2 amide bonds. The summed E-state index contributed by atoms with van der Waals surface area (Å²) >= 11 is 0. The molecule has 1 fully saturated rings. The van der Waals surface area contributed by atoms with Gasteiger partial charge in [-0.1, -0.05) is 32.1 Å². The number of phenolic OH excluding ortho intramolecular Hbond substituents is 1. The summed E-state index contributed by atoms with van der Waals surface area (Å²) in [5.74, 6) is -0.204. The third-order valence-electron chi connectivity index (χ3n) is 4.79. The van der Waals surface area contributed by atoms with Crippen LogP contribution in [0.15, 0.2) is 42.9 Å². The lowest BCUT2D eigenvalue weighted by Crippen LogP contribution is -2.27. The van der Waals surface area contributed by atoms with Gasteiger partial charge in [-0.05, 0) is 19.9 Å². The van der Waals surface area contributed by atoms with Gasteiger partial charge in [0.25, 0.3) is 5.91 Å². The Balaban J connectivity index is 0.000000313. The van der Waals surface area contributed by atoms with E-state index in [0.717, 1.165) is 0 Å². The van der Waals surface area contributed by atoms with Gasteiger partial charge in [-0.2, -0.15) is 10.2 Å². The van der Waals surface area contributed by atoms with Crippen LogP contribution in [0, 0.1) is 0 Å². The lowest BCUT2D eigenvalue weighted by molar-refractivity contribution is -0.118. The lowest BCUT2D eigenvalue weighted by Gasteiger charge is -2.12. The Morgan fingerprint density at radius 2 is 1.89 bits per heavy atom. The fourth-order valence-electron chi connectivity index (χ4n) is 3.18. The number of nitrogens with one attached hydrogen (secondary N) is 3. The number of carbonyl (C=O) groups is 3. The molecule has 0 atom stereocenters. The number of H-pyrrole nitrogens is 1. The maximum absolute atomic E-state index is 11.8. The van der Waals surface area contributed by atoms with E-state index in [9.17, 15) is 19.5 Å². The largest absolute Gasteiger partial charge is 0.507 e. The maximum atomic E-state index is 11.8. The fraction of sp³-hybridized carbons (Fsp3) is 0.375. The van der Waals surface area contributed by atoms with Crippen LogP contribution in [-0.4, -0.2) is 61.1 Å². The normalized spacial score (nSPS) is 12.0. The summed E-state index contributed by atoms with van der Waals surface area (Å²) in [6.07, 6.45) is 11.7. The summed E-state index contributed by atoms with van der Waals surface area (Å²) in [7, 11) is 0. The predicted molar refractivity (Wildman–Crippen MR) is 133 cm³/mol. The molecule has 12 nitrogen and oxygen atoms in total. The Morgan fingerprint density at radius 3 is 2.36 bits per heavy atom. The van der Waals surface area contributed by atoms with E-state index in [0.29, 0.717) is 17.8 Å². The summed E-state index contributed by atoms with van der Waals surface area (Å²) in [5.41, 5.74) is 0.451. The zero-order valence-electron chi connectivity index (χ0n) is 20.3. The third kappa shape index (κ3) is 9.87. The topological polar surface area (TPSA) is 171 Å². The van der Waals surface area contributed by atoms with Gasteiger partial charge in [0.05, 0.1) is 17.4 Å². The molecule has 1 aliphatic carbocycles. The number of aldehydes is 1. The molecule has 4 rings (SSSR count). The highest BCUT2D eigenvalue weighted by atomic mass is 16.5. The van der Waals surface area contributed by atoms with Gasteiger partial charge >= 0.3 is 6.09 Å². The monoisotopic (exact) mass is 500 g/mol. The molecule has 3 aromatic rings. The van der Waals surface area contributed by atoms with Crippen molar-refractivity contribution in [3.05, 3.63) is 48.4 Å². The number of hydrogen-bond donors (Lipinski definition) is 5. The Morgan fingerprint density at radius 1 is 1.19 bits per heavy atom. The van der Waals surface area contributed by atoms with E-state index in [1.807, 2.05) is 0 Å². The number of amides is 2. The molecule has 0 spiro atoms. The highest BCUT2D eigenvalue weighted by molar-refractivity contribution is 5.91. The SMILES string of the molecule is C1CCCC1.CC(C)NC(=O)O.O=Cc1c(O)cc(-n2cccn2)cc1OCC(=O)Nc1ccn[nH]1. The van der Waals surface area contributed by atoms with E-state index in [1.54, 1.807) is 38.4 Å². The van der Waals surface area contributed by atoms with Gasteiger partial charge in [0.2, 0.25) is 0 Å². The molecule has 5 N–H and O–H groups in total. The van der Waals surface area contributed by atoms with Gasteiger partial charge in [-0.25, -0.2) is 9.48 Å². The van der Waals surface area contributed by atoms with Crippen molar-refractivity contribution in [2.45, 2.75) is 52.0 Å². The van der Waals surface area contributed by atoms with Crippen LogP contribution in [0.2, 0.25) is 0 Å². The van der Waals surface area contributed by atoms with E-state index >= 15 is 0 Å². The predicted octanol–water partition coefficient (Wildman–Crippen LogP) is 3.74. The second kappa shape index (κ2) is 14.8. The minimum absolute atomic E-state index is 0.0255. The molecule has 194 valence electrons. The number of hydrogen-bond acceptors (Lipinski definition) is 7. The molecule has 0 saturated heterocycles. The molecule has 1 saturated carbocycles. The molecule has 0 unspecified atom stereocenters. The van der Waals surface area contributed by atoms with Crippen LogP contribution >= 0.6 is 0 Å². The number of anilines is 1. The average molecular weight is 501 g/mol.